The molecule has 2 aromatic rings. The summed E-state index contributed by atoms with van der Waals surface area (Å²) in [6, 6.07) is 20.2. The third kappa shape index (κ3) is 6.44. The molecule has 0 atom stereocenters. The second-order valence-electron chi connectivity index (χ2n) is 4.77. The fourth-order valence-electron chi connectivity index (χ4n) is 1.82. The molecule has 0 aromatic heterocycles. The Labute approximate surface area is 148 Å². The van der Waals surface area contributed by atoms with Gasteiger partial charge >= 0.3 is 0 Å². The molecule has 0 saturated carbocycles. The van der Waals surface area contributed by atoms with Crippen molar-refractivity contribution in [3.63, 3.8) is 0 Å². The minimum absolute atomic E-state index is 0.518. The maximum atomic E-state index is 5.68. The molecular weight excluding hydrogens is 408 g/mol. The first-order valence-electron chi connectivity index (χ1n) is 7.02. The molecule has 0 amide bonds. The molecule has 4 heteroatoms. The first-order valence-corrected chi connectivity index (χ1v) is 8.60. The van der Waals surface area contributed by atoms with E-state index in [0.717, 1.165) is 8.96 Å². The van der Waals surface area contributed by atoms with E-state index in [4.69, 9.17) is 9.47 Å². The topological polar surface area (TPSA) is 18.5 Å². The van der Waals surface area contributed by atoms with E-state index < -0.39 is 0 Å². The molecule has 0 bridgehead atoms. The number of hydrogen-bond acceptors (Lipinski definition) is 2. The summed E-state index contributed by atoms with van der Waals surface area (Å²) in [6.07, 6.45) is 0. The molecule has 0 N–H and O–H groups in total. The van der Waals surface area contributed by atoms with Crippen LogP contribution in [0, 0.1) is 0 Å². The van der Waals surface area contributed by atoms with Gasteiger partial charge < -0.3 is 9.47 Å². The Balaban J connectivity index is 1.70. The van der Waals surface area contributed by atoms with Crippen molar-refractivity contribution in [1.82, 2.24) is 0 Å². The highest BCUT2D eigenvalue weighted by atomic mass is 79.9. The summed E-state index contributed by atoms with van der Waals surface area (Å²) in [6.45, 7) is 2.23. The smallest absolute Gasteiger partial charge is 0.0795 e. The van der Waals surface area contributed by atoms with E-state index in [1.807, 2.05) is 36.4 Å². The molecule has 0 aliphatic heterocycles. The lowest BCUT2D eigenvalue weighted by Crippen LogP contribution is -2.00. The number of ether oxygens (including phenoxy) is 2. The minimum Gasteiger partial charge on any atom is -0.372 e. The normalized spacial score (nSPS) is 12.1. The van der Waals surface area contributed by atoms with Crippen LogP contribution in [0.2, 0.25) is 0 Å². The predicted molar refractivity (Wildman–Crippen MR) is 97.1 cm³/mol. The van der Waals surface area contributed by atoms with Gasteiger partial charge in [0, 0.05) is 8.96 Å². The molecule has 0 saturated heterocycles. The van der Waals surface area contributed by atoms with Crippen molar-refractivity contribution in [2.75, 3.05) is 13.2 Å². The number of rotatable bonds is 8. The maximum Gasteiger partial charge on any atom is 0.0795 e. The molecule has 0 unspecified atom stereocenters. The van der Waals surface area contributed by atoms with E-state index in [1.54, 1.807) is 0 Å². The lowest BCUT2D eigenvalue weighted by molar-refractivity contribution is 0.138. The van der Waals surface area contributed by atoms with Crippen LogP contribution < -0.4 is 0 Å². The van der Waals surface area contributed by atoms with E-state index in [-0.39, 0.29) is 0 Å². The van der Waals surface area contributed by atoms with Gasteiger partial charge in [-0.2, -0.15) is 0 Å². The van der Waals surface area contributed by atoms with Crippen molar-refractivity contribution in [3.8, 4) is 0 Å². The summed E-state index contributed by atoms with van der Waals surface area (Å²) in [5.74, 6) is 0. The van der Waals surface area contributed by atoms with Crippen molar-refractivity contribution in [3.05, 3.63) is 80.8 Å². The lowest BCUT2D eigenvalue weighted by Gasteiger charge is -2.08. The molecule has 22 heavy (non-hydrogen) atoms. The zero-order valence-electron chi connectivity index (χ0n) is 12.2. The first-order chi connectivity index (χ1) is 10.8. The van der Waals surface area contributed by atoms with Crippen LogP contribution in [-0.2, 0) is 22.7 Å². The van der Waals surface area contributed by atoms with Crippen molar-refractivity contribution in [2.45, 2.75) is 13.2 Å². The predicted octanol–water partition coefficient (Wildman–Crippen LogP) is 5.42. The van der Waals surface area contributed by atoms with Gasteiger partial charge in [0.2, 0.25) is 0 Å². The van der Waals surface area contributed by atoms with Gasteiger partial charge in [0.15, 0.2) is 0 Å². The van der Waals surface area contributed by atoms with Crippen LogP contribution in [0.1, 0.15) is 11.1 Å². The van der Waals surface area contributed by atoms with Crippen LogP contribution in [-0.4, -0.2) is 13.2 Å². The largest absolute Gasteiger partial charge is 0.372 e. The van der Waals surface area contributed by atoms with Gasteiger partial charge in [0.25, 0.3) is 0 Å². The van der Waals surface area contributed by atoms with E-state index in [0.29, 0.717) is 26.4 Å². The molecule has 0 aliphatic carbocycles. The van der Waals surface area contributed by atoms with E-state index in [2.05, 4.69) is 56.1 Å². The summed E-state index contributed by atoms with van der Waals surface area (Å²) < 4.78 is 13.3. The van der Waals surface area contributed by atoms with Gasteiger partial charge in [0.05, 0.1) is 26.4 Å². The molecule has 0 radical (unpaired) electrons. The van der Waals surface area contributed by atoms with Crippen molar-refractivity contribution in [2.24, 2.45) is 0 Å². The lowest BCUT2D eigenvalue weighted by atomic mass is 10.2. The molecule has 0 spiro atoms. The molecule has 0 fully saturated rings. The highest BCUT2D eigenvalue weighted by molar-refractivity contribution is 9.14. The Morgan fingerprint density at radius 3 is 1.36 bits per heavy atom. The quantitative estimate of drug-likeness (QED) is 0.562. The molecule has 0 aliphatic rings. The van der Waals surface area contributed by atoms with Gasteiger partial charge in [-0.15, -0.1) is 0 Å². The summed E-state index contributed by atoms with van der Waals surface area (Å²) in [4.78, 5) is 0. The molecule has 0 heterocycles. The van der Waals surface area contributed by atoms with E-state index in [9.17, 15) is 0 Å². The Hall–Kier alpha value is -0.940. The molecule has 2 nitrogen and oxygen atoms in total. The SMILES string of the molecule is Br/C(COCc1ccccc1)=C(/Br)COCc1ccccc1. The summed E-state index contributed by atoms with van der Waals surface area (Å²) >= 11 is 7.06. The zero-order chi connectivity index (χ0) is 15.6. The van der Waals surface area contributed by atoms with Crippen molar-refractivity contribution in [1.29, 1.82) is 0 Å². The average Bonchev–Trinajstić information content (AvgIpc) is 2.56. The third-order valence-electron chi connectivity index (χ3n) is 2.98. The van der Waals surface area contributed by atoms with E-state index in [1.165, 1.54) is 11.1 Å². The summed E-state index contributed by atoms with van der Waals surface area (Å²) in [7, 11) is 0. The highest BCUT2D eigenvalue weighted by Gasteiger charge is 2.03. The van der Waals surface area contributed by atoms with Crippen LogP contribution in [0.15, 0.2) is 69.6 Å². The van der Waals surface area contributed by atoms with Gasteiger partial charge in [-0.05, 0) is 11.1 Å². The summed E-state index contributed by atoms with van der Waals surface area (Å²) in [5.41, 5.74) is 2.33. The van der Waals surface area contributed by atoms with E-state index >= 15 is 0 Å². The fraction of sp³-hybridized carbons (Fsp3) is 0.222. The monoisotopic (exact) mass is 424 g/mol. The van der Waals surface area contributed by atoms with Crippen molar-refractivity contribution < 1.29 is 9.47 Å². The standard InChI is InChI=1S/C18H18Br2O2/c19-17(13-21-11-15-7-3-1-4-8-15)18(20)14-22-12-16-9-5-2-6-10-16/h1-10H,11-14H2/b18-17+. The van der Waals surface area contributed by atoms with Crippen molar-refractivity contribution >= 4 is 31.9 Å². The average molecular weight is 426 g/mol. The Morgan fingerprint density at radius 2 is 1.00 bits per heavy atom. The van der Waals surface area contributed by atoms with Crippen LogP contribution in [0.5, 0.6) is 0 Å². The molecule has 2 rings (SSSR count). The molecular formula is C18H18Br2O2. The van der Waals surface area contributed by atoms with Gasteiger partial charge in [-0.1, -0.05) is 92.5 Å². The highest BCUT2D eigenvalue weighted by Crippen LogP contribution is 2.19. The molecule has 2 aromatic carbocycles. The minimum atomic E-state index is 0.518. The van der Waals surface area contributed by atoms with Crippen LogP contribution in [0.25, 0.3) is 0 Å². The molecule has 116 valence electrons. The third-order valence-corrected chi connectivity index (χ3v) is 4.92. The Kier molecular flexibility index (Phi) is 7.88. The van der Waals surface area contributed by atoms with Crippen LogP contribution in [0.4, 0.5) is 0 Å². The fourth-order valence-corrected chi connectivity index (χ4v) is 2.37. The maximum absolute atomic E-state index is 5.68. The Morgan fingerprint density at radius 1 is 0.636 bits per heavy atom. The first kappa shape index (κ1) is 17.4. The zero-order valence-corrected chi connectivity index (χ0v) is 15.3. The van der Waals surface area contributed by atoms with Crippen LogP contribution >= 0.6 is 31.9 Å². The number of hydrogen-bond donors (Lipinski definition) is 0. The van der Waals surface area contributed by atoms with Gasteiger partial charge in [-0.3, -0.25) is 0 Å². The van der Waals surface area contributed by atoms with Gasteiger partial charge in [-0.25, -0.2) is 0 Å². The Bertz CT molecular complexity index is 529. The summed E-state index contributed by atoms with van der Waals surface area (Å²) in [5, 5.41) is 0. The van der Waals surface area contributed by atoms with Gasteiger partial charge in [0.1, 0.15) is 0 Å². The number of halogens is 2. The van der Waals surface area contributed by atoms with Crippen LogP contribution in [0.3, 0.4) is 0 Å². The second-order valence-corrected chi connectivity index (χ2v) is 6.68. The number of benzene rings is 2. The second kappa shape index (κ2) is 9.95.